The lowest BCUT2D eigenvalue weighted by molar-refractivity contribution is 0.0999. The Hall–Kier alpha value is -1.35. The zero-order valence-corrected chi connectivity index (χ0v) is 6.62. The van der Waals surface area contributed by atoms with Crippen molar-refractivity contribution in [2.75, 3.05) is 6.61 Å². The Kier molecular flexibility index (Phi) is 2.82. The van der Waals surface area contributed by atoms with Gasteiger partial charge in [-0.2, -0.15) is 0 Å². The van der Waals surface area contributed by atoms with Crippen molar-refractivity contribution in [2.24, 2.45) is 5.73 Å². The molecule has 0 atom stereocenters. The summed E-state index contributed by atoms with van der Waals surface area (Å²) in [5.74, 6) is -0.473. The molecular formula is C9H10NO2. The van der Waals surface area contributed by atoms with Crippen LogP contribution in [-0.4, -0.2) is 12.5 Å². The van der Waals surface area contributed by atoms with Crippen LogP contribution < -0.4 is 5.73 Å². The maximum Gasteiger partial charge on any atom is 0.248 e. The van der Waals surface area contributed by atoms with Gasteiger partial charge in [-0.05, 0) is 18.1 Å². The van der Waals surface area contributed by atoms with E-state index in [1.807, 2.05) is 0 Å². The number of carbonyl (C=O) groups excluding carboxylic acids is 1. The largest absolute Gasteiger partial charge is 0.366 e. The molecule has 0 saturated carbocycles. The first-order valence-corrected chi connectivity index (χ1v) is 3.71. The van der Waals surface area contributed by atoms with Gasteiger partial charge in [0.1, 0.15) is 0 Å². The van der Waals surface area contributed by atoms with Gasteiger partial charge in [-0.15, -0.1) is 0 Å². The van der Waals surface area contributed by atoms with Crippen LogP contribution in [0.4, 0.5) is 0 Å². The number of hydrogen-bond donors (Lipinski definition) is 1. The Morgan fingerprint density at radius 1 is 1.33 bits per heavy atom. The second kappa shape index (κ2) is 3.88. The minimum atomic E-state index is -0.473. The van der Waals surface area contributed by atoms with Gasteiger partial charge in [-0.25, -0.2) is 5.11 Å². The van der Waals surface area contributed by atoms with E-state index in [0.29, 0.717) is 12.0 Å². The molecule has 2 N–H and O–H groups in total. The van der Waals surface area contributed by atoms with Crippen molar-refractivity contribution in [3.05, 3.63) is 35.4 Å². The standard InChI is InChI=1S/C9H10NO2/c10-9(12)8-4-2-1-3-7(8)5-6-11/h1-4H,5-6H2,(H2,10,12). The third kappa shape index (κ3) is 1.83. The topological polar surface area (TPSA) is 63.0 Å². The molecule has 1 aromatic carbocycles. The first kappa shape index (κ1) is 8.74. The smallest absolute Gasteiger partial charge is 0.248 e. The number of carbonyl (C=O) groups is 1. The summed E-state index contributed by atoms with van der Waals surface area (Å²) in [6.07, 6.45) is 0.360. The molecule has 0 bridgehead atoms. The molecule has 0 unspecified atom stereocenters. The van der Waals surface area contributed by atoms with Crippen molar-refractivity contribution in [1.82, 2.24) is 0 Å². The average Bonchev–Trinajstić information content (AvgIpc) is 2.05. The Morgan fingerprint density at radius 2 is 2.00 bits per heavy atom. The van der Waals surface area contributed by atoms with Gasteiger partial charge in [0.15, 0.2) is 0 Å². The van der Waals surface area contributed by atoms with Crippen molar-refractivity contribution in [3.8, 4) is 0 Å². The highest BCUT2D eigenvalue weighted by Gasteiger charge is 2.05. The molecular weight excluding hydrogens is 154 g/mol. The maximum atomic E-state index is 10.8. The van der Waals surface area contributed by atoms with Gasteiger partial charge in [-0.1, -0.05) is 18.2 Å². The van der Waals surface area contributed by atoms with E-state index in [9.17, 15) is 9.90 Å². The van der Waals surface area contributed by atoms with Crippen LogP contribution in [0, 0.1) is 0 Å². The van der Waals surface area contributed by atoms with Crippen molar-refractivity contribution in [1.29, 1.82) is 0 Å². The predicted molar refractivity (Wildman–Crippen MR) is 44.2 cm³/mol. The van der Waals surface area contributed by atoms with Crippen LogP contribution in [-0.2, 0) is 11.5 Å². The van der Waals surface area contributed by atoms with E-state index in [4.69, 9.17) is 5.73 Å². The molecule has 12 heavy (non-hydrogen) atoms. The van der Waals surface area contributed by atoms with Crippen molar-refractivity contribution < 1.29 is 9.90 Å². The van der Waals surface area contributed by atoms with Crippen LogP contribution in [0.3, 0.4) is 0 Å². The first-order valence-electron chi connectivity index (χ1n) is 3.71. The molecule has 1 aromatic rings. The molecule has 1 radical (unpaired) electrons. The summed E-state index contributed by atoms with van der Waals surface area (Å²) in [5, 5.41) is 10.3. The van der Waals surface area contributed by atoms with Crippen LogP contribution in [0.25, 0.3) is 0 Å². The summed E-state index contributed by atoms with van der Waals surface area (Å²) in [6.45, 7) is -0.218. The van der Waals surface area contributed by atoms with Gasteiger partial charge >= 0.3 is 0 Å². The van der Waals surface area contributed by atoms with Crippen molar-refractivity contribution in [3.63, 3.8) is 0 Å². The lowest BCUT2D eigenvalue weighted by Crippen LogP contribution is -2.13. The Bertz CT molecular complexity index is 284. The molecule has 0 spiro atoms. The van der Waals surface area contributed by atoms with Gasteiger partial charge in [0.2, 0.25) is 5.91 Å². The summed E-state index contributed by atoms with van der Waals surface area (Å²) in [6, 6.07) is 6.90. The van der Waals surface area contributed by atoms with Crippen LogP contribution >= 0.6 is 0 Å². The van der Waals surface area contributed by atoms with Crippen LogP contribution in [0.2, 0.25) is 0 Å². The number of rotatable bonds is 3. The fourth-order valence-electron chi connectivity index (χ4n) is 1.09. The van der Waals surface area contributed by atoms with Crippen LogP contribution in [0.5, 0.6) is 0 Å². The zero-order chi connectivity index (χ0) is 8.97. The summed E-state index contributed by atoms with van der Waals surface area (Å²) < 4.78 is 0. The van der Waals surface area contributed by atoms with Crippen LogP contribution in [0.15, 0.2) is 24.3 Å². The lowest BCUT2D eigenvalue weighted by Gasteiger charge is -2.02. The maximum absolute atomic E-state index is 10.8. The fourth-order valence-corrected chi connectivity index (χ4v) is 1.09. The Labute approximate surface area is 70.8 Å². The van der Waals surface area contributed by atoms with E-state index in [2.05, 4.69) is 0 Å². The first-order chi connectivity index (χ1) is 5.75. The Balaban J connectivity index is 3.00. The van der Waals surface area contributed by atoms with E-state index in [1.165, 1.54) is 0 Å². The summed E-state index contributed by atoms with van der Waals surface area (Å²) >= 11 is 0. The van der Waals surface area contributed by atoms with E-state index in [1.54, 1.807) is 24.3 Å². The number of amides is 1. The molecule has 1 rings (SSSR count). The second-order valence-corrected chi connectivity index (χ2v) is 2.48. The number of primary amides is 1. The number of nitrogens with two attached hydrogens (primary N) is 1. The monoisotopic (exact) mass is 164 g/mol. The van der Waals surface area contributed by atoms with E-state index < -0.39 is 5.91 Å². The van der Waals surface area contributed by atoms with E-state index >= 15 is 0 Å². The van der Waals surface area contributed by atoms with Crippen molar-refractivity contribution in [2.45, 2.75) is 6.42 Å². The normalized spacial score (nSPS) is 9.75. The molecule has 1 amide bonds. The fraction of sp³-hybridized carbons (Fsp3) is 0.222. The quantitative estimate of drug-likeness (QED) is 0.704. The van der Waals surface area contributed by atoms with Gasteiger partial charge in [-0.3, -0.25) is 4.79 Å². The third-order valence-corrected chi connectivity index (χ3v) is 1.65. The lowest BCUT2D eigenvalue weighted by atomic mass is 10.0. The van der Waals surface area contributed by atoms with Crippen LogP contribution in [0.1, 0.15) is 15.9 Å². The van der Waals surface area contributed by atoms with E-state index in [0.717, 1.165) is 5.56 Å². The molecule has 0 aliphatic heterocycles. The molecule has 0 aliphatic rings. The molecule has 63 valence electrons. The minimum Gasteiger partial charge on any atom is -0.366 e. The number of benzene rings is 1. The minimum absolute atomic E-state index is 0.218. The van der Waals surface area contributed by atoms with Gasteiger partial charge in [0.05, 0.1) is 6.61 Å². The van der Waals surface area contributed by atoms with Gasteiger partial charge in [0.25, 0.3) is 0 Å². The highest BCUT2D eigenvalue weighted by molar-refractivity contribution is 5.94. The molecule has 0 heterocycles. The summed E-state index contributed by atoms with van der Waals surface area (Å²) in [5.41, 5.74) is 6.29. The summed E-state index contributed by atoms with van der Waals surface area (Å²) in [7, 11) is 0. The molecule has 3 nitrogen and oxygen atoms in total. The zero-order valence-electron chi connectivity index (χ0n) is 6.62. The highest BCUT2D eigenvalue weighted by Crippen LogP contribution is 2.07. The van der Waals surface area contributed by atoms with Gasteiger partial charge < -0.3 is 5.73 Å². The summed E-state index contributed by atoms with van der Waals surface area (Å²) in [4.78, 5) is 10.8. The molecule has 3 heteroatoms. The van der Waals surface area contributed by atoms with Crippen molar-refractivity contribution >= 4 is 5.91 Å². The number of hydrogen-bond acceptors (Lipinski definition) is 1. The molecule has 0 saturated heterocycles. The molecule has 0 aromatic heterocycles. The highest BCUT2D eigenvalue weighted by atomic mass is 16.3. The molecule has 0 fully saturated rings. The van der Waals surface area contributed by atoms with E-state index in [-0.39, 0.29) is 6.61 Å². The SMILES string of the molecule is NC(=O)c1ccccc1CC[O]. The average molecular weight is 164 g/mol. The second-order valence-electron chi connectivity index (χ2n) is 2.48. The third-order valence-electron chi connectivity index (χ3n) is 1.65. The van der Waals surface area contributed by atoms with Gasteiger partial charge in [0, 0.05) is 5.56 Å². The predicted octanol–water partition coefficient (Wildman–Crippen LogP) is 0.759. The Morgan fingerprint density at radius 3 is 2.58 bits per heavy atom. The molecule has 0 aliphatic carbocycles.